The molecule has 0 bridgehead atoms. The Hall–Kier alpha value is -1.84. The smallest absolute Gasteiger partial charge is 0.328 e. The molecule has 0 saturated heterocycles. The molecule has 0 radical (unpaired) electrons. The Morgan fingerprint density at radius 2 is 1.86 bits per heavy atom. The average molecular weight is 303 g/mol. The van der Waals surface area contributed by atoms with Gasteiger partial charge in [0.2, 0.25) is 5.91 Å². The molecule has 1 N–H and O–H groups in total. The summed E-state index contributed by atoms with van der Waals surface area (Å²) in [6.45, 7) is 2.02. The zero-order valence-corrected chi connectivity index (χ0v) is 13.4. The summed E-state index contributed by atoms with van der Waals surface area (Å²) in [6, 6.07) is 7.36. The lowest BCUT2D eigenvalue weighted by atomic mass is 10.0. The molecule has 4 nitrogen and oxygen atoms in total. The van der Waals surface area contributed by atoms with Crippen LogP contribution in [0.5, 0.6) is 0 Å². The Balaban J connectivity index is 1.94. The van der Waals surface area contributed by atoms with E-state index in [2.05, 4.69) is 5.32 Å². The van der Waals surface area contributed by atoms with Crippen molar-refractivity contribution in [2.45, 2.75) is 51.5 Å². The lowest BCUT2D eigenvalue weighted by Gasteiger charge is -2.18. The molecule has 1 atom stereocenters. The van der Waals surface area contributed by atoms with Gasteiger partial charge < -0.3 is 10.1 Å². The zero-order chi connectivity index (χ0) is 15.9. The molecule has 0 heterocycles. The normalized spacial score (nSPS) is 16.3. The third-order valence-electron chi connectivity index (χ3n) is 4.33. The van der Waals surface area contributed by atoms with E-state index in [4.69, 9.17) is 4.74 Å². The van der Waals surface area contributed by atoms with Crippen molar-refractivity contribution >= 4 is 11.9 Å². The predicted octanol–water partition coefficient (Wildman–Crippen LogP) is 2.78. The molecule has 0 aromatic heterocycles. The van der Waals surface area contributed by atoms with Gasteiger partial charge >= 0.3 is 5.97 Å². The molecular formula is C18H25NO3. The minimum atomic E-state index is -0.610. The number of ether oxygens (including phenoxy) is 1. The Labute approximate surface area is 132 Å². The van der Waals surface area contributed by atoms with Crippen molar-refractivity contribution in [2.24, 2.45) is 5.92 Å². The molecule has 1 aliphatic rings. The number of rotatable bonds is 6. The Bertz CT molecular complexity index is 504. The van der Waals surface area contributed by atoms with Crippen LogP contribution < -0.4 is 5.32 Å². The number of esters is 1. The summed E-state index contributed by atoms with van der Waals surface area (Å²) < 4.78 is 4.83. The summed E-state index contributed by atoms with van der Waals surface area (Å²) in [5, 5.41) is 2.84. The Kier molecular flexibility index (Phi) is 5.99. The standard InChI is InChI=1S/C18H25NO3/c1-13-7-9-15(10-8-13)11-16(18(21)22-2)19-17(20)12-14-5-3-4-6-14/h7-10,14,16H,3-6,11-12H2,1-2H3,(H,19,20)/t16-/m0/s1. The lowest BCUT2D eigenvalue weighted by Crippen LogP contribution is -2.43. The first kappa shape index (κ1) is 16.5. The van der Waals surface area contributed by atoms with E-state index in [0.717, 1.165) is 18.4 Å². The van der Waals surface area contributed by atoms with Crippen molar-refractivity contribution in [3.63, 3.8) is 0 Å². The van der Waals surface area contributed by atoms with Crippen LogP contribution in [0.1, 0.15) is 43.2 Å². The molecule has 1 aromatic rings. The molecule has 1 amide bonds. The van der Waals surface area contributed by atoms with Gasteiger partial charge in [-0.15, -0.1) is 0 Å². The maximum absolute atomic E-state index is 12.2. The summed E-state index contributed by atoms with van der Waals surface area (Å²) in [5.74, 6) is 0.0347. The van der Waals surface area contributed by atoms with Crippen LogP contribution in [0.15, 0.2) is 24.3 Å². The number of hydrogen-bond acceptors (Lipinski definition) is 3. The van der Waals surface area contributed by atoms with E-state index in [1.54, 1.807) is 0 Å². The number of benzene rings is 1. The molecule has 0 spiro atoms. The first-order valence-electron chi connectivity index (χ1n) is 8.01. The highest BCUT2D eigenvalue weighted by atomic mass is 16.5. The number of methoxy groups -OCH3 is 1. The molecule has 120 valence electrons. The molecule has 1 aliphatic carbocycles. The van der Waals surface area contributed by atoms with Crippen LogP contribution in [-0.2, 0) is 20.7 Å². The topological polar surface area (TPSA) is 55.4 Å². The van der Waals surface area contributed by atoms with E-state index in [9.17, 15) is 9.59 Å². The van der Waals surface area contributed by atoms with Crippen molar-refractivity contribution in [1.82, 2.24) is 5.32 Å². The number of carbonyl (C=O) groups is 2. The number of amides is 1. The molecule has 1 saturated carbocycles. The molecule has 1 fully saturated rings. The van der Waals surface area contributed by atoms with Gasteiger partial charge in [-0.25, -0.2) is 4.79 Å². The van der Waals surface area contributed by atoms with E-state index in [1.165, 1.54) is 25.5 Å². The monoisotopic (exact) mass is 303 g/mol. The van der Waals surface area contributed by atoms with E-state index in [0.29, 0.717) is 18.8 Å². The maximum atomic E-state index is 12.2. The van der Waals surface area contributed by atoms with E-state index >= 15 is 0 Å². The van der Waals surface area contributed by atoms with Crippen molar-refractivity contribution in [1.29, 1.82) is 0 Å². The van der Waals surface area contributed by atoms with Crippen LogP contribution in [0, 0.1) is 12.8 Å². The van der Waals surface area contributed by atoms with Crippen LogP contribution in [-0.4, -0.2) is 25.0 Å². The van der Waals surface area contributed by atoms with Gasteiger partial charge in [-0.3, -0.25) is 4.79 Å². The third-order valence-corrected chi connectivity index (χ3v) is 4.33. The fourth-order valence-corrected chi connectivity index (χ4v) is 3.03. The summed E-state index contributed by atoms with van der Waals surface area (Å²) in [4.78, 5) is 24.1. The van der Waals surface area contributed by atoms with Gasteiger partial charge in [0.05, 0.1) is 7.11 Å². The van der Waals surface area contributed by atoms with Gasteiger partial charge in [0.1, 0.15) is 6.04 Å². The van der Waals surface area contributed by atoms with Crippen LogP contribution >= 0.6 is 0 Å². The zero-order valence-electron chi connectivity index (χ0n) is 13.4. The summed E-state index contributed by atoms with van der Waals surface area (Å²) in [7, 11) is 1.35. The lowest BCUT2D eigenvalue weighted by molar-refractivity contribution is -0.145. The van der Waals surface area contributed by atoms with Crippen molar-refractivity contribution in [3.8, 4) is 0 Å². The molecule has 1 aromatic carbocycles. The van der Waals surface area contributed by atoms with E-state index < -0.39 is 6.04 Å². The van der Waals surface area contributed by atoms with Gasteiger partial charge in [0.25, 0.3) is 0 Å². The number of aryl methyl sites for hydroxylation is 1. The van der Waals surface area contributed by atoms with Crippen molar-refractivity contribution in [2.75, 3.05) is 7.11 Å². The van der Waals surface area contributed by atoms with Gasteiger partial charge in [0, 0.05) is 12.8 Å². The number of nitrogens with one attached hydrogen (secondary N) is 1. The SMILES string of the molecule is COC(=O)[C@H](Cc1ccc(C)cc1)NC(=O)CC1CCCC1. The van der Waals surface area contributed by atoms with Crippen LogP contribution in [0.2, 0.25) is 0 Å². The fourth-order valence-electron chi connectivity index (χ4n) is 3.03. The van der Waals surface area contributed by atoms with Crippen LogP contribution in [0.3, 0.4) is 0 Å². The second kappa shape index (κ2) is 7.97. The first-order valence-corrected chi connectivity index (χ1v) is 8.01. The molecule has 22 heavy (non-hydrogen) atoms. The molecule has 4 heteroatoms. The Morgan fingerprint density at radius 1 is 1.23 bits per heavy atom. The number of carbonyl (C=O) groups excluding carboxylic acids is 2. The number of hydrogen-bond donors (Lipinski definition) is 1. The second-order valence-corrected chi connectivity index (χ2v) is 6.19. The summed E-state index contributed by atoms with van der Waals surface area (Å²) in [5.41, 5.74) is 2.19. The maximum Gasteiger partial charge on any atom is 0.328 e. The summed E-state index contributed by atoms with van der Waals surface area (Å²) in [6.07, 6.45) is 5.64. The van der Waals surface area contributed by atoms with E-state index in [-0.39, 0.29) is 11.9 Å². The second-order valence-electron chi connectivity index (χ2n) is 6.19. The summed E-state index contributed by atoms with van der Waals surface area (Å²) >= 11 is 0. The van der Waals surface area contributed by atoms with Gasteiger partial charge in [-0.05, 0) is 31.2 Å². The highest BCUT2D eigenvalue weighted by molar-refractivity contribution is 5.84. The highest BCUT2D eigenvalue weighted by Crippen LogP contribution is 2.27. The van der Waals surface area contributed by atoms with Gasteiger partial charge in [0.15, 0.2) is 0 Å². The molecule has 2 rings (SSSR count). The average Bonchev–Trinajstić information content (AvgIpc) is 3.00. The van der Waals surface area contributed by atoms with Crippen LogP contribution in [0.4, 0.5) is 0 Å². The van der Waals surface area contributed by atoms with Crippen LogP contribution in [0.25, 0.3) is 0 Å². The molecule has 0 aliphatic heterocycles. The quantitative estimate of drug-likeness (QED) is 0.822. The minimum absolute atomic E-state index is 0.0468. The van der Waals surface area contributed by atoms with Crippen molar-refractivity contribution < 1.29 is 14.3 Å². The fraction of sp³-hybridized carbons (Fsp3) is 0.556. The Morgan fingerprint density at radius 3 is 2.45 bits per heavy atom. The van der Waals surface area contributed by atoms with Gasteiger partial charge in [-0.1, -0.05) is 42.7 Å². The predicted molar refractivity (Wildman–Crippen MR) is 85.4 cm³/mol. The molecule has 0 unspecified atom stereocenters. The third kappa shape index (κ3) is 4.86. The largest absolute Gasteiger partial charge is 0.467 e. The van der Waals surface area contributed by atoms with E-state index in [1.807, 2.05) is 31.2 Å². The highest BCUT2D eigenvalue weighted by Gasteiger charge is 2.24. The minimum Gasteiger partial charge on any atom is -0.467 e. The van der Waals surface area contributed by atoms with Crippen molar-refractivity contribution in [3.05, 3.63) is 35.4 Å². The first-order chi connectivity index (χ1) is 10.6. The van der Waals surface area contributed by atoms with Gasteiger partial charge in [-0.2, -0.15) is 0 Å². The molecular weight excluding hydrogens is 278 g/mol.